The van der Waals surface area contributed by atoms with E-state index in [0.29, 0.717) is 17.0 Å². The zero-order valence-electron chi connectivity index (χ0n) is 22.8. The largest absolute Gasteiger partial charge is 0.494 e. The highest BCUT2D eigenvalue weighted by molar-refractivity contribution is 6.23. The van der Waals surface area contributed by atoms with Crippen LogP contribution < -0.4 is 9.75 Å². The van der Waals surface area contributed by atoms with Crippen molar-refractivity contribution in [3.63, 3.8) is 0 Å². The number of hydrogen-bond donors (Lipinski definition) is 0. The van der Waals surface area contributed by atoms with Gasteiger partial charge in [-0.05, 0) is 80.4 Å². The third-order valence-electron chi connectivity index (χ3n) is 6.56. The Morgan fingerprint density at radius 1 is 0.949 bits per heavy atom. The van der Waals surface area contributed by atoms with Crippen LogP contribution in [-0.2, 0) is 4.79 Å². The van der Waals surface area contributed by atoms with Gasteiger partial charge in [-0.15, -0.1) is 0 Å². The number of benzene rings is 3. The van der Waals surface area contributed by atoms with Crippen molar-refractivity contribution in [1.82, 2.24) is 0 Å². The van der Waals surface area contributed by atoms with Gasteiger partial charge in [-0.25, -0.2) is 0 Å². The number of unbranched alkanes of at least 4 members (excludes halogenated alkanes) is 3. The first-order valence-electron chi connectivity index (χ1n) is 13.5. The molecule has 0 radical (unpaired) electrons. The lowest BCUT2D eigenvalue weighted by Crippen LogP contribution is -2.27. The van der Waals surface area contributed by atoms with Crippen LogP contribution in [0.3, 0.4) is 0 Å². The number of rotatable bonds is 12. The smallest absolute Gasteiger partial charge is 0.261 e. The molecule has 0 saturated carbocycles. The van der Waals surface area contributed by atoms with Crippen LogP contribution in [0.2, 0.25) is 0 Å². The highest BCUT2D eigenvalue weighted by atomic mass is 16.5. The summed E-state index contributed by atoms with van der Waals surface area (Å²) in [4.78, 5) is 30.0. The standard InChI is InChI=1S/C33H35N3O3/c1-4-5-6-7-22-39-30-19-10-26(11-20-30)12-21-32(37)27-13-15-28(16-14-27)34-23-31-25(3)35-36(33(31)38)29-17-8-24(2)9-18-29/h8-21,23,31H,4-7,22H2,1-3H3/b21-12+,34-23?. The van der Waals surface area contributed by atoms with Gasteiger partial charge < -0.3 is 4.74 Å². The third-order valence-corrected chi connectivity index (χ3v) is 6.56. The Balaban J connectivity index is 1.30. The molecule has 1 unspecified atom stereocenters. The Kier molecular flexibility index (Phi) is 9.57. The lowest BCUT2D eigenvalue weighted by atomic mass is 10.1. The number of hydrogen-bond acceptors (Lipinski definition) is 5. The average Bonchev–Trinajstić information content (AvgIpc) is 3.24. The molecule has 3 aromatic carbocycles. The van der Waals surface area contributed by atoms with E-state index in [9.17, 15) is 9.59 Å². The second kappa shape index (κ2) is 13.5. The molecule has 0 spiro atoms. The number of ketones is 1. The van der Waals surface area contributed by atoms with E-state index in [1.165, 1.54) is 24.3 Å². The number of ether oxygens (including phenoxy) is 1. The summed E-state index contributed by atoms with van der Waals surface area (Å²) in [6.07, 6.45) is 9.68. The maximum absolute atomic E-state index is 12.9. The van der Waals surface area contributed by atoms with Gasteiger partial charge in [-0.3, -0.25) is 14.6 Å². The van der Waals surface area contributed by atoms with Crippen molar-refractivity contribution in [2.24, 2.45) is 16.0 Å². The summed E-state index contributed by atoms with van der Waals surface area (Å²) >= 11 is 0. The second-order valence-corrected chi connectivity index (χ2v) is 9.71. The molecule has 0 saturated heterocycles. The summed E-state index contributed by atoms with van der Waals surface area (Å²) < 4.78 is 5.78. The number of allylic oxidation sites excluding steroid dienone is 1. The monoisotopic (exact) mass is 521 g/mol. The Hall–Kier alpha value is -4.32. The number of hydrazone groups is 1. The zero-order valence-corrected chi connectivity index (χ0v) is 22.8. The summed E-state index contributed by atoms with van der Waals surface area (Å²) in [6.45, 7) is 6.75. The lowest BCUT2D eigenvalue weighted by Gasteiger charge is -2.12. The molecule has 0 aromatic heterocycles. The number of carbonyl (C=O) groups excluding carboxylic acids is 2. The number of amides is 1. The van der Waals surface area contributed by atoms with Crippen LogP contribution in [0, 0.1) is 12.8 Å². The molecule has 3 aromatic rings. The minimum atomic E-state index is -0.520. The molecule has 0 fully saturated rings. The van der Waals surface area contributed by atoms with Gasteiger partial charge in [0.25, 0.3) is 5.91 Å². The molecule has 39 heavy (non-hydrogen) atoms. The fourth-order valence-corrected chi connectivity index (χ4v) is 4.16. The predicted octanol–water partition coefficient (Wildman–Crippen LogP) is 7.59. The van der Waals surface area contributed by atoms with Crippen molar-refractivity contribution in [2.75, 3.05) is 11.6 Å². The number of aryl methyl sites for hydroxylation is 1. The van der Waals surface area contributed by atoms with Crippen LogP contribution in [0.25, 0.3) is 6.08 Å². The van der Waals surface area contributed by atoms with Gasteiger partial charge in [0.05, 0.1) is 23.7 Å². The first kappa shape index (κ1) is 27.7. The molecule has 1 atom stereocenters. The number of anilines is 1. The molecular formula is C33H35N3O3. The van der Waals surface area contributed by atoms with Crippen molar-refractivity contribution in [1.29, 1.82) is 0 Å². The van der Waals surface area contributed by atoms with Gasteiger partial charge in [0, 0.05) is 11.8 Å². The van der Waals surface area contributed by atoms with Gasteiger partial charge >= 0.3 is 0 Å². The molecule has 6 nitrogen and oxygen atoms in total. The van der Waals surface area contributed by atoms with Crippen molar-refractivity contribution in [2.45, 2.75) is 46.5 Å². The number of nitrogens with zero attached hydrogens (tertiary/aromatic N) is 3. The van der Waals surface area contributed by atoms with Gasteiger partial charge in [0.2, 0.25) is 0 Å². The van der Waals surface area contributed by atoms with E-state index in [1.807, 2.05) is 62.4 Å². The molecule has 1 aliphatic rings. The van der Waals surface area contributed by atoms with Crippen molar-refractivity contribution in [3.8, 4) is 5.75 Å². The maximum atomic E-state index is 12.9. The highest BCUT2D eigenvalue weighted by Gasteiger charge is 2.33. The van der Waals surface area contributed by atoms with Crippen molar-refractivity contribution < 1.29 is 14.3 Å². The minimum absolute atomic E-state index is 0.0931. The first-order valence-corrected chi connectivity index (χ1v) is 13.5. The second-order valence-electron chi connectivity index (χ2n) is 9.71. The molecule has 0 N–H and O–H groups in total. The molecule has 200 valence electrons. The first-order chi connectivity index (χ1) is 18.9. The molecule has 1 amide bonds. The summed E-state index contributed by atoms with van der Waals surface area (Å²) in [5, 5.41) is 5.85. The SMILES string of the molecule is CCCCCCOc1ccc(/C=C/C(=O)c2ccc(N=CC3C(=O)N(c4ccc(C)cc4)N=C3C)cc2)cc1. The summed E-state index contributed by atoms with van der Waals surface area (Å²) in [5.74, 6) is 0.0937. The van der Waals surface area contributed by atoms with Crippen LogP contribution >= 0.6 is 0 Å². The molecule has 6 heteroatoms. The third kappa shape index (κ3) is 7.60. The molecule has 4 rings (SSSR count). The summed E-state index contributed by atoms with van der Waals surface area (Å²) in [7, 11) is 0. The van der Waals surface area contributed by atoms with E-state index in [2.05, 4.69) is 17.0 Å². The molecule has 1 heterocycles. The van der Waals surface area contributed by atoms with E-state index in [0.717, 1.165) is 35.6 Å². The quantitative estimate of drug-likeness (QED) is 0.107. The fraction of sp³-hybridized carbons (Fsp3) is 0.273. The van der Waals surface area contributed by atoms with Crippen LogP contribution in [0.5, 0.6) is 5.75 Å². The van der Waals surface area contributed by atoms with Crippen LogP contribution in [0.4, 0.5) is 11.4 Å². The zero-order chi connectivity index (χ0) is 27.6. The summed E-state index contributed by atoms with van der Waals surface area (Å²) in [5.41, 5.74) is 4.70. The van der Waals surface area contributed by atoms with Gasteiger partial charge in [0.1, 0.15) is 11.7 Å². The number of carbonyl (C=O) groups is 2. The normalized spacial score (nSPS) is 15.4. The summed E-state index contributed by atoms with van der Waals surface area (Å²) in [6, 6.07) is 22.4. The molecular weight excluding hydrogens is 486 g/mol. The Morgan fingerprint density at radius 3 is 2.36 bits per heavy atom. The van der Waals surface area contributed by atoms with Crippen LogP contribution in [0.1, 0.15) is 61.0 Å². The van der Waals surface area contributed by atoms with Crippen molar-refractivity contribution >= 4 is 41.1 Å². The topological polar surface area (TPSA) is 71.3 Å². The Morgan fingerprint density at radius 2 is 1.67 bits per heavy atom. The number of aliphatic imine (C=N–C) groups is 1. The van der Waals surface area contributed by atoms with E-state index in [4.69, 9.17) is 4.74 Å². The minimum Gasteiger partial charge on any atom is -0.494 e. The van der Waals surface area contributed by atoms with E-state index in [1.54, 1.807) is 42.6 Å². The van der Waals surface area contributed by atoms with Crippen molar-refractivity contribution in [3.05, 3.63) is 95.6 Å². The Labute approximate surface area is 230 Å². The fourth-order valence-electron chi connectivity index (χ4n) is 4.16. The molecule has 1 aliphatic heterocycles. The molecule has 0 aliphatic carbocycles. The lowest BCUT2D eigenvalue weighted by molar-refractivity contribution is -0.118. The van der Waals surface area contributed by atoms with Crippen LogP contribution in [-0.4, -0.2) is 30.2 Å². The van der Waals surface area contributed by atoms with Crippen LogP contribution in [0.15, 0.2) is 89.0 Å². The van der Waals surface area contributed by atoms with Gasteiger partial charge in [-0.2, -0.15) is 10.1 Å². The van der Waals surface area contributed by atoms with E-state index < -0.39 is 5.92 Å². The molecule has 0 bridgehead atoms. The predicted molar refractivity (Wildman–Crippen MR) is 159 cm³/mol. The van der Waals surface area contributed by atoms with Gasteiger partial charge in [-0.1, -0.05) is 62.1 Å². The van der Waals surface area contributed by atoms with Gasteiger partial charge in [0.15, 0.2) is 5.78 Å². The average molecular weight is 522 g/mol. The van der Waals surface area contributed by atoms with E-state index in [-0.39, 0.29) is 11.7 Å². The highest BCUT2D eigenvalue weighted by Crippen LogP contribution is 2.24. The van der Waals surface area contributed by atoms with E-state index >= 15 is 0 Å². The Bertz CT molecular complexity index is 1350. The maximum Gasteiger partial charge on any atom is 0.261 e.